The van der Waals surface area contributed by atoms with Crippen LogP contribution >= 0.6 is 0 Å². The number of ketones is 1. The molecule has 0 bridgehead atoms. The van der Waals surface area contributed by atoms with Crippen molar-refractivity contribution in [2.75, 3.05) is 13.2 Å². The Morgan fingerprint density at radius 3 is 3.12 bits per heavy atom. The average Bonchev–Trinajstić information content (AvgIpc) is 2.30. The molecule has 1 aromatic rings. The van der Waals surface area contributed by atoms with Crippen LogP contribution in [0.5, 0.6) is 5.75 Å². The van der Waals surface area contributed by atoms with Gasteiger partial charge in [0.05, 0.1) is 12.2 Å². The Bertz CT molecular complexity index is 421. The zero-order valence-corrected chi connectivity index (χ0v) is 8.98. The maximum atomic E-state index is 11.6. The molecule has 0 atom stereocenters. The molecule has 3 heteroatoms. The zero-order chi connectivity index (χ0) is 11.4. The Labute approximate surface area is 94.4 Å². The van der Waals surface area contributed by atoms with E-state index in [1.807, 2.05) is 30.4 Å². The highest BCUT2D eigenvalue weighted by molar-refractivity contribution is 6.00. The molecule has 3 nitrogen and oxygen atoms in total. The summed E-state index contributed by atoms with van der Waals surface area (Å²) in [4.78, 5) is 11.6. The molecule has 1 aliphatic heterocycles. The maximum Gasteiger partial charge on any atom is 0.170 e. The molecule has 0 spiro atoms. The van der Waals surface area contributed by atoms with Crippen LogP contribution in [-0.4, -0.2) is 24.1 Å². The van der Waals surface area contributed by atoms with Crippen molar-refractivity contribution < 1.29 is 14.6 Å². The number of carbonyl (C=O) groups excluding carboxylic acids is 1. The Morgan fingerprint density at radius 1 is 1.44 bits per heavy atom. The second-order valence-electron chi connectivity index (χ2n) is 3.69. The standard InChI is InChI=1S/C13H14O3/c14-7-2-1-3-10-4-5-13-11(9-10)12(15)6-8-16-13/h1,3-5,9,14H,2,6-8H2. The molecular formula is C13H14O3. The van der Waals surface area contributed by atoms with Gasteiger partial charge in [-0.3, -0.25) is 4.79 Å². The number of fused-ring (bicyclic) bond motifs is 1. The molecule has 84 valence electrons. The Hall–Kier alpha value is -1.61. The predicted molar refractivity (Wildman–Crippen MR) is 61.6 cm³/mol. The lowest BCUT2D eigenvalue weighted by molar-refractivity contribution is 0.0933. The Kier molecular flexibility index (Phi) is 3.37. The molecule has 1 N–H and O–H groups in total. The zero-order valence-electron chi connectivity index (χ0n) is 8.98. The van der Waals surface area contributed by atoms with E-state index in [0.717, 1.165) is 5.56 Å². The van der Waals surface area contributed by atoms with Gasteiger partial charge in [-0.1, -0.05) is 18.2 Å². The average molecular weight is 218 g/mol. The minimum Gasteiger partial charge on any atom is -0.492 e. The quantitative estimate of drug-likeness (QED) is 0.844. The van der Waals surface area contributed by atoms with E-state index in [1.54, 1.807) is 0 Å². The monoisotopic (exact) mass is 218 g/mol. The molecule has 16 heavy (non-hydrogen) atoms. The number of Topliss-reactive ketones (excluding diaryl/α,β-unsaturated/α-hetero) is 1. The summed E-state index contributed by atoms with van der Waals surface area (Å²) in [6, 6.07) is 5.57. The molecule has 1 aromatic carbocycles. The lowest BCUT2D eigenvalue weighted by atomic mass is 10.0. The van der Waals surface area contributed by atoms with Gasteiger partial charge in [0.25, 0.3) is 0 Å². The molecule has 0 saturated carbocycles. The molecule has 2 rings (SSSR count). The molecule has 0 aliphatic carbocycles. The summed E-state index contributed by atoms with van der Waals surface area (Å²) in [6.45, 7) is 0.620. The summed E-state index contributed by atoms with van der Waals surface area (Å²) in [5.41, 5.74) is 1.63. The van der Waals surface area contributed by atoms with Crippen LogP contribution in [0.4, 0.5) is 0 Å². The van der Waals surface area contributed by atoms with Crippen molar-refractivity contribution >= 4 is 11.9 Å². The molecule has 0 aromatic heterocycles. The second-order valence-corrected chi connectivity index (χ2v) is 3.69. The number of benzene rings is 1. The number of rotatable bonds is 3. The third-order valence-corrected chi connectivity index (χ3v) is 2.50. The molecular weight excluding hydrogens is 204 g/mol. The highest BCUT2D eigenvalue weighted by atomic mass is 16.5. The van der Waals surface area contributed by atoms with E-state index in [1.165, 1.54) is 0 Å². The fraction of sp³-hybridized carbons (Fsp3) is 0.308. The molecule has 0 unspecified atom stereocenters. The fourth-order valence-corrected chi connectivity index (χ4v) is 1.68. The smallest absolute Gasteiger partial charge is 0.170 e. The van der Waals surface area contributed by atoms with Gasteiger partial charge in [0.15, 0.2) is 5.78 Å². The van der Waals surface area contributed by atoms with E-state index in [-0.39, 0.29) is 12.4 Å². The summed E-state index contributed by atoms with van der Waals surface area (Å²) in [5.74, 6) is 0.814. The molecule has 0 amide bonds. The van der Waals surface area contributed by atoms with Gasteiger partial charge in [0, 0.05) is 13.0 Å². The Morgan fingerprint density at radius 2 is 2.31 bits per heavy atom. The fourth-order valence-electron chi connectivity index (χ4n) is 1.68. The van der Waals surface area contributed by atoms with Crippen LogP contribution in [0, 0.1) is 0 Å². The third-order valence-electron chi connectivity index (χ3n) is 2.50. The van der Waals surface area contributed by atoms with Crippen molar-refractivity contribution in [3.63, 3.8) is 0 Å². The van der Waals surface area contributed by atoms with E-state index >= 15 is 0 Å². The minimum absolute atomic E-state index is 0.138. The van der Waals surface area contributed by atoms with Gasteiger partial charge in [-0.2, -0.15) is 0 Å². The van der Waals surface area contributed by atoms with Gasteiger partial charge in [0.1, 0.15) is 5.75 Å². The number of carbonyl (C=O) groups is 1. The largest absolute Gasteiger partial charge is 0.492 e. The first kappa shape index (κ1) is 10.9. The van der Waals surface area contributed by atoms with Crippen LogP contribution in [0.2, 0.25) is 0 Å². The van der Waals surface area contributed by atoms with Crippen molar-refractivity contribution in [3.8, 4) is 5.75 Å². The van der Waals surface area contributed by atoms with Gasteiger partial charge >= 0.3 is 0 Å². The number of aliphatic hydroxyl groups is 1. The minimum atomic E-state index is 0.138. The van der Waals surface area contributed by atoms with Crippen molar-refractivity contribution in [1.29, 1.82) is 0 Å². The summed E-state index contributed by atoms with van der Waals surface area (Å²) in [7, 11) is 0. The van der Waals surface area contributed by atoms with Gasteiger partial charge in [-0.05, 0) is 24.1 Å². The summed E-state index contributed by atoms with van der Waals surface area (Å²) in [5, 5.41) is 8.65. The number of aliphatic hydroxyl groups excluding tert-OH is 1. The van der Waals surface area contributed by atoms with Crippen molar-refractivity contribution in [2.45, 2.75) is 12.8 Å². The highest BCUT2D eigenvalue weighted by Gasteiger charge is 2.17. The van der Waals surface area contributed by atoms with Crippen molar-refractivity contribution in [2.24, 2.45) is 0 Å². The molecule has 1 aliphatic rings. The van der Waals surface area contributed by atoms with Crippen LogP contribution in [0.1, 0.15) is 28.8 Å². The van der Waals surface area contributed by atoms with Gasteiger partial charge in [-0.15, -0.1) is 0 Å². The maximum absolute atomic E-state index is 11.6. The molecule has 0 saturated heterocycles. The second kappa shape index (κ2) is 4.94. The van der Waals surface area contributed by atoms with Crippen LogP contribution < -0.4 is 4.74 Å². The number of ether oxygens (including phenoxy) is 1. The van der Waals surface area contributed by atoms with E-state index in [0.29, 0.717) is 30.8 Å². The normalized spacial score (nSPS) is 14.9. The highest BCUT2D eigenvalue weighted by Crippen LogP contribution is 2.26. The van der Waals surface area contributed by atoms with Gasteiger partial charge in [0.2, 0.25) is 0 Å². The van der Waals surface area contributed by atoms with Crippen molar-refractivity contribution in [1.82, 2.24) is 0 Å². The Balaban J connectivity index is 2.23. The van der Waals surface area contributed by atoms with Crippen molar-refractivity contribution in [3.05, 3.63) is 35.4 Å². The van der Waals surface area contributed by atoms with E-state index in [4.69, 9.17) is 9.84 Å². The van der Waals surface area contributed by atoms with Gasteiger partial charge in [-0.25, -0.2) is 0 Å². The molecule has 0 radical (unpaired) electrons. The topological polar surface area (TPSA) is 46.5 Å². The first-order valence-corrected chi connectivity index (χ1v) is 5.38. The van der Waals surface area contributed by atoms with E-state index < -0.39 is 0 Å². The van der Waals surface area contributed by atoms with Crippen LogP contribution in [0.25, 0.3) is 6.08 Å². The molecule has 1 heterocycles. The summed E-state index contributed by atoms with van der Waals surface area (Å²) < 4.78 is 5.39. The number of hydrogen-bond donors (Lipinski definition) is 1. The van der Waals surface area contributed by atoms with Crippen LogP contribution in [-0.2, 0) is 0 Å². The van der Waals surface area contributed by atoms with Crippen LogP contribution in [0.15, 0.2) is 24.3 Å². The lowest BCUT2D eigenvalue weighted by Crippen LogP contribution is -2.15. The number of hydrogen-bond acceptors (Lipinski definition) is 3. The molecule has 0 fully saturated rings. The lowest BCUT2D eigenvalue weighted by Gasteiger charge is -2.16. The van der Waals surface area contributed by atoms with E-state index in [9.17, 15) is 4.79 Å². The third kappa shape index (κ3) is 2.31. The predicted octanol–water partition coefficient (Wildman–Crippen LogP) is 2.05. The SMILES string of the molecule is O=C1CCOc2ccc(C=CCCO)cc21. The first-order valence-electron chi connectivity index (χ1n) is 5.38. The first-order chi connectivity index (χ1) is 7.81. The van der Waals surface area contributed by atoms with E-state index in [2.05, 4.69) is 0 Å². The van der Waals surface area contributed by atoms with Crippen LogP contribution in [0.3, 0.4) is 0 Å². The summed E-state index contributed by atoms with van der Waals surface area (Å²) in [6.07, 6.45) is 4.87. The summed E-state index contributed by atoms with van der Waals surface area (Å²) >= 11 is 0. The van der Waals surface area contributed by atoms with Gasteiger partial charge < -0.3 is 9.84 Å².